The molecule has 0 saturated carbocycles. The van der Waals surface area contributed by atoms with Crippen LogP contribution in [0.15, 0.2) is 47.3 Å². The number of aromatic nitrogens is 4. The lowest BCUT2D eigenvalue weighted by Crippen LogP contribution is -2.03. The zero-order chi connectivity index (χ0) is 16.5. The Balaban J connectivity index is 1.63. The van der Waals surface area contributed by atoms with Crippen molar-refractivity contribution in [2.75, 3.05) is 7.11 Å². The lowest BCUT2D eigenvalue weighted by atomic mass is 10.3. The van der Waals surface area contributed by atoms with E-state index in [1.807, 2.05) is 28.2 Å². The molecule has 0 amide bonds. The third-order valence-electron chi connectivity index (χ3n) is 3.51. The molecule has 0 aliphatic rings. The van der Waals surface area contributed by atoms with E-state index in [4.69, 9.17) is 4.74 Å². The van der Waals surface area contributed by atoms with Gasteiger partial charge in [0.05, 0.1) is 23.0 Å². The summed E-state index contributed by atoms with van der Waals surface area (Å²) in [5.74, 6) is 0.272. The van der Waals surface area contributed by atoms with Crippen LogP contribution in [0.25, 0.3) is 15.9 Å². The van der Waals surface area contributed by atoms with Gasteiger partial charge in [0, 0.05) is 18.1 Å². The normalized spacial score (nSPS) is 11.2. The van der Waals surface area contributed by atoms with Crippen molar-refractivity contribution in [3.8, 4) is 0 Å². The van der Waals surface area contributed by atoms with Crippen LogP contribution in [-0.4, -0.2) is 32.4 Å². The molecule has 0 aliphatic heterocycles. The Labute approximate surface area is 145 Å². The summed E-state index contributed by atoms with van der Waals surface area (Å²) in [5, 5.41) is 2.96. The number of hydrogen-bond acceptors (Lipinski definition) is 7. The number of imidazole rings is 1. The maximum atomic E-state index is 11.8. The van der Waals surface area contributed by atoms with Gasteiger partial charge >= 0.3 is 5.97 Å². The second kappa shape index (κ2) is 6.21. The average molecular weight is 356 g/mol. The third kappa shape index (κ3) is 2.63. The summed E-state index contributed by atoms with van der Waals surface area (Å²) in [6.07, 6.45) is 5.36. The first-order valence-corrected chi connectivity index (χ1v) is 8.98. The molecule has 8 heteroatoms. The minimum Gasteiger partial charge on any atom is -0.465 e. The van der Waals surface area contributed by atoms with E-state index >= 15 is 0 Å². The maximum absolute atomic E-state index is 11.8. The molecule has 0 aromatic carbocycles. The first-order valence-electron chi connectivity index (χ1n) is 7.12. The monoisotopic (exact) mass is 356 g/mol. The van der Waals surface area contributed by atoms with Gasteiger partial charge in [0.2, 0.25) is 0 Å². The molecule has 0 radical (unpaired) electrons. The molecule has 0 N–H and O–H groups in total. The Hall–Kier alpha value is -2.45. The molecule has 4 heterocycles. The SMILES string of the molecule is COC(=O)c1cccn2cc(CSc3ncnc4ccsc34)nc12. The Kier molecular flexibility index (Phi) is 3.91. The molecule has 0 aliphatic carbocycles. The Bertz CT molecular complexity index is 1040. The van der Waals surface area contributed by atoms with Crippen molar-refractivity contribution in [1.29, 1.82) is 0 Å². The molecule has 4 aromatic rings. The van der Waals surface area contributed by atoms with Gasteiger partial charge in [-0.15, -0.1) is 11.3 Å². The highest BCUT2D eigenvalue weighted by Gasteiger charge is 2.14. The summed E-state index contributed by atoms with van der Waals surface area (Å²) in [7, 11) is 1.37. The van der Waals surface area contributed by atoms with Crippen molar-refractivity contribution in [2.24, 2.45) is 0 Å². The smallest absolute Gasteiger partial charge is 0.341 e. The summed E-state index contributed by atoms with van der Waals surface area (Å²) in [5.41, 5.74) is 2.89. The second-order valence-corrected chi connectivity index (χ2v) is 6.86. The van der Waals surface area contributed by atoms with E-state index in [2.05, 4.69) is 15.0 Å². The second-order valence-electron chi connectivity index (χ2n) is 4.98. The highest BCUT2D eigenvalue weighted by molar-refractivity contribution is 7.98. The summed E-state index contributed by atoms with van der Waals surface area (Å²) < 4.78 is 7.73. The topological polar surface area (TPSA) is 69.4 Å². The Morgan fingerprint density at radius 2 is 2.29 bits per heavy atom. The van der Waals surface area contributed by atoms with Gasteiger partial charge in [-0.25, -0.2) is 19.7 Å². The van der Waals surface area contributed by atoms with Crippen LogP contribution in [0, 0.1) is 0 Å². The molecular weight excluding hydrogens is 344 g/mol. The molecular formula is C16H12N4O2S2. The van der Waals surface area contributed by atoms with Crippen LogP contribution in [0.1, 0.15) is 16.1 Å². The lowest BCUT2D eigenvalue weighted by molar-refractivity contribution is 0.0602. The van der Waals surface area contributed by atoms with E-state index in [0.717, 1.165) is 20.9 Å². The third-order valence-corrected chi connectivity index (χ3v) is 5.57. The Morgan fingerprint density at radius 1 is 1.38 bits per heavy atom. The molecule has 6 nitrogen and oxygen atoms in total. The van der Waals surface area contributed by atoms with E-state index in [0.29, 0.717) is 17.0 Å². The minimum absolute atomic E-state index is 0.388. The molecule has 24 heavy (non-hydrogen) atoms. The number of carbonyl (C=O) groups excluding carboxylic acids is 1. The van der Waals surface area contributed by atoms with Gasteiger partial charge < -0.3 is 9.14 Å². The average Bonchev–Trinajstić information content (AvgIpc) is 3.25. The number of nitrogens with zero attached hydrogens (tertiary/aromatic N) is 4. The molecule has 0 saturated heterocycles. The van der Waals surface area contributed by atoms with Gasteiger partial charge in [-0.1, -0.05) is 11.8 Å². The lowest BCUT2D eigenvalue weighted by Gasteiger charge is -2.00. The Morgan fingerprint density at radius 3 is 3.17 bits per heavy atom. The van der Waals surface area contributed by atoms with Crippen LogP contribution in [0.4, 0.5) is 0 Å². The molecule has 0 fully saturated rings. The number of methoxy groups -OCH3 is 1. The first kappa shape index (κ1) is 15.1. The first-order chi connectivity index (χ1) is 11.8. The fourth-order valence-electron chi connectivity index (χ4n) is 2.41. The number of rotatable bonds is 4. The van der Waals surface area contributed by atoms with Gasteiger partial charge in [0.15, 0.2) is 5.65 Å². The van der Waals surface area contributed by atoms with E-state index in [1.165, 1.54) is 7.11 Å². The quantitative estimate of drug-likeness (QED) is 0.317. The summed E-state index contributed by atoms with van der Waals surface area (Å²) >= 11 is 3.24. The molecule has 0 spiro atoms. The number of carbonyl (C=O) groups is 1. The number of thioether (sulfide) groups is 1. The van der Waals surface area contributed by atoms with Crippen molar-refractivity contribution in [3.05, 3.63) is 53.6 Å². The molecule has 0 unspecified atom stereocenters. The standard InChI is InChI=1S/C16H12N4O2S2/c1-22-16(21)11-3-2-5-20-7-10(19-14(11)20)8-24-15-13-12(4-6-23-13)17-9-18-15/h2-7,9H,8H2,1H3. The number of fused-ring (bicyclic) bond motifs is 2. The van der Waals surface area contributed by atoms with Gasteiger partial charge in [-0.05, 0) is 23.6 Å². The summed E-state index contributed by atoms with van der Waals surface area (Å²) in [4.78, 5) is 25.0. The maximum Gasteiger partial charge on any atom is 0.341 e. The number of hydrogen-bond donors (Lipinski definition) is 0. The van der Waals surface area contributed by atoms with E-state index in [-0.39, 0.29) is 5.97 Å². The van der Waals surface area contributed by atoms with Crippen molar-refractivity contribution < 1.29 is 9.53 Å². The zero-order valence-electron chi connectivity index (χ0n) is 12.7. The van der Waals surface area contributed by atoms with Crippen molar-refractivity contribution in [2.45, 2.75) is 10.8 Å². The van der Waals surface area contributed by atoms with Gasteiger partial charge in [0.1, 0.15) is 16.9 Å². The molecule has 120 valence electrons. The van der Waals surface area contributed by atoms with Gasteiger partial charge in [0.25, 0.3) is 0 Å². The zero-order valence-corrected chi connectivity index (χ0v) is 14.3. The molecule has 4 aromatic heterocycles. The fraction of sp³-hybridized carbons (Fsp3) is 0.125. The van der Waals surface area contributed by atoms with Crippen LogP contribution in [0.2, 0.25) is 0 Å². The summed E-state index contributed by atoms with van der Waals surface area (Å²) in [6, 6.07) is 5.50. The van der Waals surface area contributed by atoms with E-state index in [1.54, 1.807) is 41.6 Å². The van der Waals surface area contributed by atoms with Crippen LogP contribution >= 0.6 is 23.1 Å². The van der Waals surface area contributed by atoms with Crippen LogP contribution in [0.5, 0.6) is 0 Å². The molecule has 4 rings (SSSR count). The van der Waals surface area contributed by atoms with Crippen molar-refractivity contribution in [3.63, 3.8) is 0 Å². The van der Waals surface area contributed by atoms with E-state index in [9.17, 15) is 4.79 Å². The van der Waals surface area contributed by atoms with Crippen LogP contribution < -0.4 is 0 Å². The largest absolute Gasteiger partial charge is 0.465 e. The van der Waals surface area contributed by atoms with Crippen molar-refractivity contribution >= 4 is 44.9 Å². The highest BCUT2D eigenvalue weighted by atomic mass is 32.2. The summed E-state index contributed by atoms with van der Waals surface area (Å²) in [6.45, 7) is 0. The number of ether oxygens (including phenoxy) is 1. The van der Waals surface area contributed by atoms with E-state index < -0.39 is 0 Å². The van der Waals surface area contributed by atoms with Gasteiger partial charge in [-0.3, -0.25) is 0 Å². The van der Waals surface area contributed by atoms with Crippen molar-refractivity contribution in [1.82, 2.24) is 19.4 Å². The van der Waals surface area contributed by atoms with Crippen LogP contribution in [0.3, 0.4) is 0 Å². The predicted molar refractivity (Wildman–Crippen MR) is 93.5 cm³/mol. The molecule has 0 bridgehead atoms. The highest BCUT2D eigenvalue weighted by Crippen LogP contribution is 2.30. The number of thiophene rings is 1. The van der Waals surface area contributed by atoms with Gasteiger partial charge in [-0.2, -0.15) is 0 Å². The predicted octanol–water partition coefficient (Wildman–Crippen LogP) is 3.42. The van der Waals surface area contributed by atoms with Crippen LogP contribution in [-0.2, 0) is 10.5 Å². The molecule has 0 atom stereocenters. The number of esters is 1. The minimum atomic E-state index is -0.388. The fourth-order valence-corrected chi connectivity index (χ4v) is 4.24. The number of pyridine rings is 1.